The van der Waals surface area contributed by atoms with Gasteiger partial charge in [-0.1, -0.05) is 0 Å². The number of nitrogens with one attached hydrogen (secondary N) is 1. The first-order valence-corrected chi connectivity index (χ1v) is 5.48. The van der Waals surface area contributed by atoms with Crippen LogP contribution in [0.5, 0.6) is 11.5 Å². The molecule has 1 aliphatic heterocycles. The zero-order chi connectivity index (χ0) is 13.0. The van der Waals surface area contributed by atoms with Crippen LogP contribution >= 0.6 is 0 Å². The second-order valence-electron chi connectivity index (χ2n) is 3.68. The number of hydrogen-bond donors (Lipinski definition) is 1. The van der Waals surface area contributed by atoms with Crippen LogP contribution in [-0.4, -0.2) is 39.8 Å². The average Bonchev–Trinajstić information content (AvgIpc) is 2.86. The fraction of sp³-hybridized carbons (Fsp3) is 0.417. The van der Waals surface area contributed by atoms with E-state index in [0.29, 0.717) is 17.1 Å². The van der Waals surface area contributed by atoms with Crippen LogP contribution < -0.4 is 14.8 Å². The zero-order valence-electron chi connectivity index (χ0n) is 10.3. The summed E-state index contributed by atoms with van der Waals surface area (Å²) in [5.74, 6) is 1.02. The molecule has 2 rings (SSSR count). The highest BCUT2D eigenvalue weighted by Crippen LogP contribution is 2.32. The Morgan fingerprint density at radius 1 is 1.33 bits per heavy atom. The van der Waals surface area contributed by atoms with Crippen molar-refractivity contribution >= 4 is 5.91 Å². The summed E-state index contributed by atoms with van der Waals surface area (Å²) in [4.78, 5) is 11.9. The minimum Gasteiger partial charge on any atom is -0.454 e. The number of carbonyl (C=O) groups is 1. The molecule has 0 unspecified atom stereocenters. The van der Waals surface area contributed by atoms with E-state index in [1.54, 1.807) is 18.2 Å². The van der Waals surface area contributed by atoms with E-state index in [4.69, 9.17) is 18.9 Å². The lowest BCUT2D eigenvalue weighted by Gasteiger charge is -2.14. The Kier molecular flexibility index (Phi) is 4.01. The molecule has 98 valence electrons. The van der Waals surface area contributed by atoms with Gasteiger partial charge in [0.2, 0.25) is 6.79 Å². The van der Waals surface area contributed by atoms with E-state index >= 15 is 0 Å². The van der Waals surface area contributed by atoms with Crippen molar-refractivity contribution in [1.29, 1.82) is 0 Å². The minimum absolute atomic E-state index is 0.190. The Labute approximate surface area is 105 Å². The van der Waals surface area contributed by atoms with E-state index < -0.39 is 6.29 Å². The van der Waals surface area contributed by atoms with Crippen LogP contribution in [0.2, 0.25) is 0 Å². The van der Waals surface area contributed by atoms with Crippen molar-refractivity contribution in [2.45, 2.75) is 6.29 Å². The molecule has 0 fully saturated rings. The summed E-state index contributed by atoms with van der Waals surface area (Å²) < 4.78 is 20.3. The predicted molar refractivity (Wildman–Crippen MR) is 62.7 cm³/mol. The number of amides is 1. The van der Waals surface area contributed by atoms with Crippen LogP contribution in [0.25, 0.3) is 0 Å². The summed E-state index contributed by atoms with van der Waals surface area (Å²) in [6, 6.07) is 5.03. The van der Waals surface area contributed by atoms with Gasteiger partial charge in [0, 0.05) is 19.8 Å². The Morgan fingerprint density at radius 3 is 2.78 bits per heavy atom. The van der Waals surface area contributed by atoms with Crippen molar-refractivity contribution in [2.24, 2.45) is 0 Å². The van der Waals surface area contributed by atoms with E-state index in [2.05, 4.69) is 5.32 Å². The van der Waals surface area contributed by atoms with Crippen LogP contribution in [0.1, 0.15) is 10.4 Å². The standard InChI is InChI=1S/C12H15NO5/c1-15-11(16-2)6-13-12(14)8-3-4-9-10(5-8)18-7-17-9/h3-5,11H,6-7H2,1-2H3,(H,13,14). The van der Waals surface area contributed by atoms with Crippen LogP contribution in [0, 0.1) is 0 Å². The van der Waals surface area contributed by atoms with Crippen LogP contribution in [0.3, 0.4) is 0 Å². The lowest BCUT2D eigenvalue weighted by molar-refractivity contribution is -0.0974. The molecule has 1 N–H and O–H groups in total. The molecule has 1 aromatic rings. The van der Waals surface area contributed by atoms with Crippen LogP contribution in [0.15, 0.2) is 18.2 Å². The molecule has 0 saturated heterocycles. The van der Waals surface area contributed by atoms with Crippen LogP contribution in [-0.2, 0) is 9.47 Å². The van der Waals surface area contributed by atoms with Crippen LogP contribution in [0.4, 0.5) is 0 Å². The average molecular weight is 253 g/mol. The normalized spacial score (nSPS) is 12.8. The third kappa shape index (κ3) is 2.72. The smallest absolute Gasteiger partial charge is 0.251 e. The third-order valence-corrected chi connectivity index (χ3v) is 2.59. The quantitative estimate of drug-likeness (QED) is 0.785. The second-order valence-corrected chi connectivity index (χ2v) is 3.68. The molecule has 0 aromatic heterocycles. The van der Waals surface area contributed by atoms with Gasteiger partial charge in [-0.05, 0) is 18.2 Å². The van der Waals surface area contributed by atoms with E-state index in [1.165, 1.54) is 14.2 Å². The van der Waals surface area contributed by atoms with Crippen molar-refractivity contribution in [2.75, 3.05) is 27.6 Å². The molecular formula is C12H15NO5. The van der Waals surface area contributed by atoms with E-state index in [-0.39, 0.29) is 19.2 Å². The molecular weight excluding hydrogens is 238 g/mol. The van der Waals surface area contributed by atoms with Gasteiger partial charge >= 0.3 is 0 Å². The summed E-state index contributed by atoms with van der Waals surface area (Å²) in [7, 11) is 3.03. The number of carbonyl (C=O) groups excluding carboxylic acids is 1. The van der Waals surface area contributed by atoms with Gasteiger partial charge < -0.3 is 24.3 Å². The number of rotatable bonds is 5. The van der Waals surface area contributed by atoms with Crippen molar-refractivity contribution < 1.29 is 23.7 Å². The lowest BCUT2D eigenvalue weighted by atomic mass is 10.2. The molecule has 1 amide bonds. The molecule has 0 saturated carbocycles. The van der Waals surface area contributed by atoms with E-state index in [9.17, 15) is 4.79 Å². The fourth-order valence-electron chi connectivity index (χ4n) is 1.58. The topological polar surface area (TPSA) is 66.0 Å². The number of hydrogen-bond acceptors (Lipinski definition) is 5. The monoisotopic (exact) mass is 253 g/mol. The molecule has 18 heavy (non-hydrogen) atoms. The molecule has 0 aliphatic carbocycles. The van der Waals surface area contributed by atoms with Crippen molar-refractivity contribution in [3.05, 3.63) is 23.8 Å². The summed E-state index contributed by atoms with van der Waals surface area (Å²) in [5, 5.41) is 2.71. The Bertz CT molecular complexity index is 430. The first kappa shape index (κ1) is 12.7. The number of methoxy groups -OCH3 is 2. The van der Waals surface area contributed by atoms with Crippen molar-refractivity contribution in [3.8, 4) is 11.5 Å². The minimum atomic E-state index is -0.456. The maximum atomic E-state index is 11.9. The first-order valence-electron chi connectivity index (χ1n) is 5.48. The molecule has 0 bridgehead atoms. The third-order valence-electron chi connectivity index (χ3n) is 2.59. The highest BCUT2D eigenvalue weighted by molar-refractivity contribution is 5.94. The highest BCUT2D eigenvalue weighted by Gasteiger charge is 2.16. The number of ether oxygens (including phenoxy) is 4. The van der Waals surface area contributed by atoms with Gasteiger partial charge in [-0.25, -0.2) is 0 Å². The molecule has 1 heterocycles. The molecule has 0 radical (unpaired) electrons. The van der Waals surface area contributed by atoms with Gasteiger partial charge in [-0.15, -0.1) is 0 Å². The Morgan fingerprint density at radius 2 is 2.06 bits per heavy atom. The van der Waals surface area contributed by atoms with Crippen molar-refractivity contribution in [1.82, 2.24) is 5.32 Å². The zero-order valence-corrected chi connectivity index (χ0v) is 10.3. The maximum Gasteiger partial charge on any atom is 0.251 e. The fourth-order valence-corrected chi connectivity index (χ4v) is 1.58. The van der Waals surface area contributed by atoms with E-state index in [1.807, 2.05) is 0 Å². The highest BCUT2D eigenvalue weighted by atomic mass is 16.7. The molecule has 0 atom stereocenters. The molecule has 6 nitrogen and oxygen atoms in total. The Balaban J connectivity index is 1.97. The lowest BCUT2D eigenvalue weighted by Crippen LogP contribution is -2.34. The number of benzene rings is 1. The molecule has 0 spiro atoms. The molecule has 1 aromatic carbocycles. The van der Waals surface area contributed by atoms with Gasteiger partial charge in [0.05, 0.1) is 6.54 Å². The first-order chi connectivity index (χ1) is 8.74. The van der Waals surface area contributed by atoms with Crippen molar-refractivity contribution in [3.63, 3.8) is 0 Å². The summed E-state index contributed by atoms with van der Waals surface area (Å²) >= 11 is 0. The van der Waals surface area contributed by atoms with Gasteiger partial charge in [0.1, 0.15) is 0 Å². The van der Waals surface area contributed by atoms with Gasteiger partial charge in [-0.3, -0.25) is 4.79 Å². The maximum absolute atomic E-state index is 11.9. The SMILES string of the molecule is COC(CNC(=O)c1ccc2c(c1)OCO2)OC. The Hall–Kier alpha value is -1.79. The van der Waals surface area contributed by atoms with Gasteiger partial charge in [0.15, 0.2) is 17.8 Å². The molecule has 1 aliphatic rings. The summed E-state index contributed by atoms with van der Waals surface area (Å²) in [5.41, 5.74) is 0.505. The summed E-state index contributed by atoms with van der Waals surface area (Å²) in [6.45, 7) is 0.468. The van der Waals surface area contributed by atoms with E-state index in [0.717, 1.165) is 0 Å². The summed E-state index contributed by atoms with van der Waals surface area (Å²) in [6.07, 6.45) is -0.456. The van der Waals surface area contributed by atoms with Gasteiger partial charge in [0.25, 0.3) is 5.91 Å². The number of fused-ring (bicyclic) bond motifs is 1. The molecule has 6 heteroatoms. The largest absolute Gasteiger partial charge is 0.454 e. The second kappa shape index (κ2) is 5.70. The van der Waals surface area contributed by atoms with Gasteiger partial charge in [-0.2, -0.15) is 0 Å². The predicted octanol–water partition coefficient (Wildman–Crippen LogP) is 0.764.